The molecule has 0 atom stereocenters. The van der Waals surface area contributed by atoms with Gasteiger partial charge in [0.1, 0.15) is 11.4 Å². The molecule has 166 valence electrons. The number of carbonyl (C=O) groups is 1. The lowest BCUT2D eigenvalue weighted by atomic mass is 10.0. The average molecular weight is 459 g/mol. The minimum absolute atomic E-state index is 0.0741. The standard InChI is InChI=1S/C25H22N4O3S/c1-31-19-10-9-15(13-20(19)32-2)11-12-26-21(30)14-33-25-27-23-17-7-3-5-16-6-4-8-18(22(16)17)24(23)28-29-25/h3-10,13H,11-12,14H2,1-2H3,(H,26,30). The Morgan fingerprint density at radius 2 is 1.70 bits per heavy atom. The number of carbonyl (C=O) groups excluding carboxylic acids is 1. The highest BCUT2D eigenvalue weighted by molar-refractivity contribution is 7.99. The third-order valence-electron chi connectivity index (χ3n) is 5.60. The highest BCUT2D eigenvalue weighted by Gasteiger charge is 2.25. The van der Waals surface area contributed by atoms with E-state index < -0.39 is 0 Å². The van der Waals surface area contributed by atoms with Crippen molar-refractivity contribution in [3.8, 4) is 34.0 Å². The topological polar surface area (TPSA) is 86.2 Å². The second-order valence-electron chi connectivity index (χ2n) is 7.58. The minimum atomic E-state index is -0.0741. The highest BCUT2D eigenvalue weighted by Crippen LogP contribution is 2.44. The van der Waals surface area contributed by atoms with Crippen molar-refractivity contribution < 1.29 is 14.3 Å². The number of nitrogens with one attached hydrogen (secondary N) is 1. The highest BCUT2D eigenvalue weighted by atomic mass is 32.2. The van der Waals surface area contributed by atoms with Crippen LogP contribution >= 0.6 is 11.8 Å². The first kappa shape index (κ1) is 21.2. The number of fused-ring (bicyclic) bond motifs is 3. The van der Waals surface area contributed by atoms with Crippen LogP contribution in [0.1, 0.15) is 5.56 Å². The van der Waals surface area contributed by atoms with Crippen LogP contribution in [0.5, 0.6) is 11.5 Å². The van der Waals surface area contributed by atoms with E-state index in [1.807, 2.05) is 36.4 Å². The number of benzene rings is 3. The van der Waals surface area contributed by atoms with E-state index in [1.54, 1.807) is 14.2 Å². The largest absolute Gasteiger partial charge is 0.493 e. The molecule has 0 spiro atoms. The molecule has 4 aromatic rings. The van der Waals surface area contributed by atoms with Crippen molar-refractivity contribution in [2.24, 2.45) is 0 Å². The molecule has 3 aromatic carbocycles. The number of ether oxygens (including phenoxy) is 2. The van der Waals surface area contributed by atoms with Crippen LogP contribution in [0.3, 0.4) is 0 Å². The summed E-state index contributed by atoms with van der Waals surface area (Å²) < 4.78 is 10.6. The van der Waals surface area contributed by atoms with Crippen LogP contribution in [0.25, 0.3) is 33.3 Å². The van der Waals surface area contributed by atoms with Gasteiger partial charge in [0, 0.05) is 23.1 Å². The number of hydrogen-bond donors (Lipinski definition) is 1. The summed E-state index contributed by atoms with van der Waals surface area (Å²) in [7, 11) is 3.21. The lowest BCUT2D eigenvalue weighted by Crippen LogP contribution is -2.27. The van der Waals surface area contributed by atoms with Gasteiger partial charge in [-0.3, -0.25) is 4.79 Å². The van der Waals surface area contributed by atoms with Crippen molar-refractivity contribution in [1.82, 2.24) is 20.5 Å². The summed E-state index contributed by atoms with van der Waals surface area (Å²) in [6.07, 6.45) is 0.690. The molecule has 0 unspecified atom stereocenters. The molecule has 0 aliphatic heterocycles. The van der Waals surface area contributed by atoms with Gasteiger partial charge in [-0.2, -0.15) is 0 Å². The molecule has 0 saturated heterocycles. The number of hydrogen-bond acceptors (Lipinski definition) is 7. The second-order valence-corrected chi connectivity index (χ2v) is 8.52. The van der Waals surface area contributed by atoms with E-state index >= 15 is 0 Å². The number of aromatic nitrogens is 3. The molecule has 7 nitrogen and oxygen atoms in total. The quantitative estimate of drug-likeness (QED) is 0.350. The SMILES string of the molecule is COc1ccc(CCNC(=O)CSc2nnc3c(n2)-c2cccc4cccc-3c24)cc1OC. The summed E-state index contributed by atoms with van der Waals surface area (Å²) in [4.78, 5) is 17.1. The van der Waals surface area contributed by atoms with Crippen molar-refractivity contribution in [2.75, 3.05) is 26.5 Å². The molecule has 1 aliphatic rings. The van der Waals surface area contributed by atoms with E-state index in [-0.39, 0.29) is 11.7 Å². The fourth-order valence-corrected chi connectivity index (χ4v) is 4.66. The maximum Gasteiger partial charge on any atom is 0.230 e. The molecule has 1 amide bonds. The van der Waals surface area contributed by atoms with Crippen molar-refractivity contribution >= 4 is 28.4 Å². The van der Waals surface area contributed by atoms with Crippen LogP contribution in [0.4, 0.5) is 0 Å². The van der Waals surface area contributed by atoms with Gasteiger partial charge in [-0.15, -0.1) is 10.2 Å². The lowest BCUT2D eigenvalue weighted by Gasteiger charge is -2.10. The fraction of sp³-hybridized carbons (Fsp3) is 0.200. The smallest absolute Gasteiger partial charge is 0.230 e. The van der Waals surface area contributed by atoms with E-state index in [2.05, 4.69) is 33.7 Å². The molecule has 1 aliphatic carbocycles. The summed E-state index contributed by atoms with van der Waals surface area (Å²) in [6, 6.07) is 18.1. The predicted molar refractivity (Wildman–Crippen MR) is 129 cm³/mol. The summed E-state index contributed by atoms with van der Waals surface area (Å²) in [5, 5.41) is 14.4. The Balaban J connectivity index is 1.19. The summed E-state index contributed by atoms with van der Waals surface area (Å²) in [6.45, 7) is 0.523. The van der Waals surface area contributed by atoms with Crippen LogP contribution < -0.4 is 14.8 Å². The zero-order chi connectivity index (χ0) is 22.8. The molecule has 33 heavy (non-hydrogen) atoms. The molecule has 8 heteroatoms. The van der Waals surface area contributed by atoms with Crippen LogP contribution in [-0.4, -0.2) is 47.6 Å². The average Bonchev–Trinajstić information content (AvgIpc) is 3.18. The summed E-state index contributed by atoms with van der Waals surface area (Å²) in [5.41, 5.74) is 4.80. The molecule has 1 N–H and O–H groups in total. The molecule has 0 bridgehead atoms. The zero-order valence-corrected chi connectivity index (χ0v) is 19.1. The van der Waals surface area contributed by atoms with E-state index in [0.29, 0.717) is 29.6 Å². The normalized spacial score (nSPS) is 11.3. The number of methoxy groups -OCH3 is 2. The van der Waals surface area contributed by atoms with Gasteiger partial charge in [0.25, 0.3) is 0 Å². The van der Waals surface area contributed by atoms with Crippen LogP contribution in [0.15, 0.2) is 59.8 Å². The van der Waals surface area contributed by atoms with Gasteiger partial charge in [-0.25, -0.2) is 4.98 Å². The Hall–Kier alpha value is -3.65. The number of rotatable bonds is 8. The molecular formula is C25H22N4O3S. The molecule has 5 rings (SSSR count). The first-order valence-electron chi connectivity index (χ1n) is 10.6. The molecular weight excluding hydrogens is 436 g/mol. The molecule has 0 saturated carbocycles. The van der Waals surface area contributed by atoms with E-state index in [9.17, 15) is 4.79 Å². The van der Waals surface area contributed by atoms with Gasteiger partial charge in [-0.1, -0.05) is 54.2 Å². The fourth-order valence-electron chi connectivity index (χ4n) is 4.04. The van der Waals surface area contributed by atoms with E-state index in [0.717, 1.165) is 38.9 Å². The van der Waals surface area contributed by atoms with Crippen molar-refractivity contribution in [1.29, 1.82) is 0 Å². The lowest BCUT2D eigenvalue weighted by molar-refractivity contribution is -0.118. The number of amides is 1. The maximum absolute atomic E-state index is 12.3. The predicted octanol–water partition coefficient (Wildman–Crippen LogP) is 4.14. The molecule has 1 heterocycles. The van der Waals surface area contributed by atoms with Gasteiger partial charge >= 0.3 is 0 Å². The van der Waals surface area contributed by atoms with Gasteiger partial charge in [0.2, 0.25) is 11.1 Å². The van der Waals surface area contributed by atoms with Crippen molar-refractivity contribution in [3.63, 3.8) is 0 Å². The number of nitrogens with zero attached hydrogens (tertiary/aromatic N) is 3. The van der Waals surface area contributed by atoms with Crippen LogP contribution in [0, 0.1) is 0 Å². The maximum atomic E-state index is 12.3. The third kappa shape index (κ3) is 4.09. The third-order valence-corrected chi connectivity index (χ3v) is 6.44. The van der Waals surface area contributed by atoms with Crippen LogP contribution in [0.2, 0.25) is 0 Å². The Bertz CT molecular complexity index is 1350. The van der Waals surface area contributed by atoms with Crippen LogP contribution in [-0.2, 0) is 11.2 Å². The van der Waals surface area contributed by atoms with Gasteiger partial charge in [0.05, 0.1) is 20.0 Å². The van der Waals surface area contributed by atoms with E-state index in [4.69, 9.17) is 14.5 Å². The Morgan fingerprint density at radius 1 is 0.939 bits per heavy atom. The Morgan fingerprint density at radius 3 is 2.45 bits per heavy atom. The zero-order valence-electron chi connectivity index (χ0n) is 18.3. The van der Waals surface area contributed by atoms with Crippen molar-refractivity contribution in [3.05, 3.63) is 60.2 Å². The summed E-state index contributed by atoms with van der Waals surface area (Å²) in [5.74, 6) is 1.51. The number of thioether (sulfide) groups is 1. The summed E-state index contributed by atoms with van der Waals surface area (Å²) >= 11 is 1.29. The van der Waals surface area contributed by atoms with Crippen molar-refractivity contribution in [2.45, 2.75) is 11.6 Å². The Kier molecular flexibility index (Phi) is 5.83. The molecule has 1 aromatic heterocycles. The monoisotopic (exact) mass is 458 g/mol. The molecule has 0 radical (unpaired) electrons. The first-order valence-corrected chi connectivity index (χ1v) is 11.5. The first-order chi connectivity index (χ1) is 16.2. The molecule has 0 fully saturated rings. The van der Waals surface area contributed by atoms with E-state index in [1.165, 1.54) is 11.8 Å². The van der Waals surface area contributed by atoms with Gasteiger partial charge < -0.3 is 14.8 Å². The minimum Gasteiger partial charge on any atom is -0.493 e. The van der Waals surface area contributed by atoms with Gasteiger partial charge in [-0.05, 0) is 29.5 Å². The Labute approximate surface area is 195 Å². The second kappa shape index (κ2) is 9.07. The van der Waals surface area contributed by atoms with Gasteiger partial charge in [0.15, 0.2) is 11.5 Å².